The third-order valence-corrected chi connectivity index (χ3v) is 4.66. The van der Waals surface area contributed by atoms with Crippen LogP contribution >= 0.6 is 27.7 Å². The summed E-state index contributed by atoms with van der Waals surface area (Å²) in [4.78, 5) is 1.04. The van der Waals surface area contributed by atoms with E-state index in [2.05, 4.69) is 28.9 Å². The van der Waals surface area contributed by atoms with E-state index in [1.165, 1.54) is 0 Å². The number of nitriles is 1. The largest absolute Gasteiger partial charge is 0.377 e. The van der Waals surface area contributed by atoms with Gasteiger partial charge in [0.05, 0.1) is 11.7 Å². The Labute approximate surface area is 108 Å². The zero-order valence-electron chi connectivity index (χ0n) is 8.94. The van der Waals surface area contributed by atoms with Gasteiger partial charge in [-0.1, -0.05) is 15.9 Å². The minimum atomic E-state index is 0.274. The molecule has 2 nitrogen and oxygen atoms in total. The number of thioether (sulfide) groups is 1. The van der Waals surface area contributed by atoms with Crippen LogP contribution in [-0.4, -0.2) is 18.0 Å². The predicted octanol–water partition coefficient (Wildman–Crippen LogP) is 3.59. The fourth-order valence-electron chi connectivity index (χ4n) is 1.72. The fraction of sp³-hybridized carbons (Fsp3) is 0.417. The van der Waals surface area contributed by atoms with Crippen molar-refractivity contribution < 1.29 is 4.74 Å². The van der Waals surface area contributed by atoms with Crippen LogP contribution < -0.4 is 0 Å². The van der Waals surface area contributed by atoms with Crippen molar-refractivity contribution in [3.8, 4) is 6.07 Å². The first kappa shape index (κ1) is 12.0. The zero-order chi connectivity index (χ0) is 11.5. The molecular formula is C12H12BrNOS. The normalized spacial score (nSPS) is 24.3. The van der Waals surface area contributed by atoms with Crippen LogP contribution in [0, 0.1) is 11.3 Å². The number of nitrogens with zero attached hydrogens (tertiary/aromatic N) is 1. The Morgan fingerprint density at radius 3 is 3.00 bits per heavy atom. The van der Waals surface area contributed by atoms with Crippen LogP contribution in [-0.2, 0) is 4.74 Å². The maximum absolute atomic E-state index is 9.04. The van der Waals surface area contributed by atoms with Crippen LogP contribution in [0.4, 0.5) is 0 Å². The molecule has 0 amide bonds. The number of halogens is 1. The molecule has 1 aromatic carbocycles. The van der Waals surface area contributed by atoms with Crippen molar-refractivity contribution in [1.29, 1.82) is 5.26 Å². The van der Waals surface area contributed by atoms with Gasteiger partial charge in [0.1, 0.15) is 6.07 Å². The summed E-state index contributed by atoms with van der Waals surface area (Å²) in [6.07, 6.45) is 1.33. The van der Waals surface area contributed by atoms with Crippen LogP contribution in [0.5, 0.6) is 0 Å². The third kappa shape index (κ3) is 2.60. The monoisotopic (exact) mass is 297 g/mol. The molecule has 0 spiro atoms. The van der Waals surface area contributed by atoms with Crippen molar-refractivity contribution in [1.82, 2.24) is 0 Å². The van der Waals surface area contributed by atoms with Crippen LogP contribution in [0.25, 0.3) is 0 Å². The molecule has 1 aromatic rings. The van der Waals surface area contributed by atoms with Gasteiger partial charge in [-0.2, -0.15) is 5.26 Å². The van der Waals surface area contributed by atoms with E-state index >= 15 is 0 Å². The third-order valence-electron chi connectivity index (χ3n) is 2.65. The fourth-order valence-corrected chi connectivity index (χ4v) is 3.47. The van der Waals surface area contributed by atoms with Crippen LogP contribution in [0.15, 0.2) is 27.6 Å². The highest BCUT2D eigenvalue weighted by atomic mass is 79.9. The van der Waals surface area contributed by atoms with Gasteiger partial charge >= 0.3 is 0 Å². The Balaban J connectivity index is 2.20. The summed E-state index contributed by atoms with van der Waals surface area (Å²) in [5.74, 6) is 0. The maximum atomic E-state index is 9.04. The first-order valence-corrected chi connectivity index (χ1v) is 6.86. The van der Waals surface area contributed by atoms with E-state index in [4.69, 9.17) is 10.00 Å². The molecule has 0 N–H and O–H groups in total. The van der Waals surface area contributed by atoms with Gasteiger partial charge < -0.3 is 4.74 Å². The number of hydrogen-bond acceptors (Lipinski definition) is 3. The highest BCUT2D eigenvalue weighted by Crippen LogP contribution is 2.35. The number of hydrogen-bond donors (Lipinski definition) is 0. The van der Waals surface area contributed by atoms with Gasteiger partial charge in [-0.3, -0.25) is 0 Å². The summed E-state index contributed by atoms with van der Waals surface area (Å²) in [6.45, 7) is 2.92. The molecule has 1 aliphatic rings. The first-order valence-electron chi connectivity index (χ1n) is 5.18. The molecule has 1 saturated heterocycles. The zero-order valence-corrected chi connectivity index (χ0v) is 11.3. The van der Waals surface area contributed by atoms with Gasteiger partial charge in [0.25, 0.3) is 0 Å². The first-order chi connectivity index (χ1) is 7.70. The number of rotatable bonds is 2. The van der Waals surface area contributed by atoms with E-state index in [1.807, 2.05) is 18.2 Å². The maximum Gasteiger partial charge on any atom is 0.100 e. The molecule has 1 fully saturated rings. The van der Waals surface area contributed by atoms with E-state index in [1.54, 1.807) is 11.8 Å². The molecule has 0 radical (unpaired) electrons. The molecule has 0 aliphatic carbocycles. The van der Waals surface area contributed by atoms with E-state index in [9.17, 15) is 0 Å². The van der Waals surface area contributed by atoms with Crippen molar-refractivity contribution in [2.75, 3.05) is 6.61 Å². The van der Waals surface area contributed by atoms with Gasteiger partial charge in [-0.05, 0) is 31.5 Å². The standard InChI is InChI=1S/C12H12BrNOS/c1-8-11(4-5-15-8)16-12-6-10(13)3-2-9(12)7-14/h2-3,6,8,11H,4-5H2,1H3. The lowest BCUT2D eigenvalue weighted by molar-refractivity contribution is 0.127. The van der Waals surface area contributed by atoms with Crippen LogP contribution in [0.3, 0.4) is 0 Å². The van der Waals surface area contributed by atoms with Gasteiger partial charge in [-0.15, -0.1) is 11.8 Å². The number of ether oxygens (including phenoxy) is 1. The molecular weight excluding hydrogens is 286 g/mol. The molecule has 2 rings (SSSR count). The predicted molar refractivity (Wildman–Crippen MR) is 68.5 cm³/mol. The molecule has 84 valence electrons. The van der Waals surface area contributed by atoms with E-state index in [0.29, 0.717) is 5.25 Å². The van der Waals surface area contributed by atoms with E-state index in [-0.39, 0.29) is 6.10 Å². The van der Waals surface area contributed by atoms with Crippen molar-refractivity contribution >= 4 is 27.7 Å². The van der Waals surface area contributed by atoms with Crippen molar-refractivity contribution in [2.24, 2.45) is 0 Å². The second kappa shape index (κ2) is 5.22. The van der Waals surface area contributed by atoms with Crippen molar-refractivity contribution in [3.05, 3.63) is 28.2 Å². The van der Waals surface area contributed by atoms with Crippen LogP contribution in [0.2, 0.25) is 0 Å². The minimum absolute atomic E-state index is 0.274. The molecule has 16 heavy (non-hydrogen) atoms. The highest BCUT2D eigenvalue weighted by Gasteiger charge is 2.25. The average Bonchev–Trinajstić information content (AvgIpc) is 2.65. The molecule has 1 aliphatic heterocycles. The van der Waals surface area contributed by atoms with Crippen LogP contribution in [0.1, 0.15) is 18.9 Å². The molecule has 0 saturated carbocycles. The number of benzene rings is 1. The lowest BCUT2D eigenvalue weighted by Gasteiger charge is -2.14. The van der Waals surface area contributed by atoms with E-state index < -0.39 is 0 Å². The highest BCUT2D eigenvalue weighted by molar-refractivity contribution is 9.10. The summed E-state index contributed by atoms with van der Waals surface area (Å²) in [7, 11) is 0. The molecule has 2 unspecified atom stereocenters. The Bertz CT molecular complexity index is 430. The Morgan fingerprint density at radius 2 is 2.38 bits per heavy atom. The summed E-state index contributed by atoms with van der Waals surface area (Å²) < 4.78 is 6.54. The molecule has 2 atom stereocenters. The summed E-state index contributed by atoms with van der Waals surface area (Å²) in [5, 5.41) is 9.50. The minimum Gasteiger partial charge on any atom is -0.377 e. The van der Waals surface area contributed by atoms with Crippen molar-refractivity contribution in [2.45, 2.75) is 29.6 Å². The topological polar surface area (TPSA) is 33.0 Å². The Kier molecular flexibility index (Phi) is 3.91. The van der Waals surface area contributed by atoms with Gasteiger partial charge in [-0.25, -0.2) is 0 Å². The lowest BCUT2D eigenvalue weighted by atomic mass is 10.2. The Hall–Kier alpha value is -0.500. The van der Waals surface area contributed by atoms with Gasteiger partial charge in [0, 0.05) is 21.2 Å². The quantitative estimate of drug-likeness (QED) is 0.836. The summed E-state index contributed by atoms with van der Waals surface area (Å²) >= 11 is 5.18. The van der Waals surface area contributed by atoms with E-state index in [0.717, 1.165) is 28.0 Å². The summed E-state index contributed by atoms with van der Waals surface area (Å²) in [6, 6.07) is 7.99. The Morgan fingerprint density at radius 1 is 1.56 bits per heavy atom. The van der Waals surface area contributed by atoms with Gasteiger partial charge in [0.2, 0.25) is 0 Å². The average molecular weight is 298 g/mol. The lowest BCUT2D eigenvalue weighted by Crippen LogP contribution is -2.13. The SMILES string of the molecule is CC1OCCC1Sc1cc(Br)ccc1C#N. The van der Waals surface area contributed by atoms with Gasteiger partial charge in [0.15, 0.2) is 0 Å². The smallest absolute Gasteiger partial charge is 0.100 e. The second-order valence-electron chi connectivity index (χ2n) is 3.77. The molecule has 1 heterocycles. The molecule has 0 bridgehead atoms. The molecule has 4 heteroatoms. The molecule has 0 aromatic heterocycles. The summed E-state index contributed by atoms with van der Waals surface area (Å²) in [5.41, 5.74) is 0.743. The second-order valence-corrected chi connectivity index (χ2v) is 5.97. The van der Waals surface area contributed by atoms with Crippen molar-refractivity contribution in [3.63, 3.8) is 0 Å².